The average Bonchev–Trinajstić information content (AvgIpc) is 3.81. The van der Waals surface area contributed by atoms with Crippen molar-refractivity contribution in [3.05, 3.63) is 203 Å². The number of fused-ring (bicyclic) bond motifs is 9. The molecule has 304 valence electrons. The smallest absolute Gasteiger partial charge is 0.0556 e. The molecule has 0 spiro atoms. The summed E-state index contributed by atoms with van der Waals surface area (Å²) in [5.74, 6) is 0. The van der Waals surface area contributed by atoms with Gasteiger partial charge in [-0.05, 0) is 140 Å². The number of nitrogens with zero attached hydrogens (tertiary/aromatic N) is 2. The van der Waals surface area contributed by atoms with Crippen LogP contribution >= 0.6 is 0 Å². The normalized spacial score (nSPS) is 14.5. The molecule has 0 radical (unpaired) electrons. The molecule has 2 heteroatoms. The number of benzene rings is 8. The molecule has 0 saturated heterocycles. The summed E-state index contributed by atoms with van der Waals surface area (Å²) in [6.45, 7) is 21.6. The predicted molar refractivity (Wildman–Crippen MR) is 264 cm³/mol. The van der Waals surface area contributed by atoms with Crippen LogP contribution in [0.25, 0.3) is 60.9 Å². The van der Waals surface area contributed by atoms with Crippen molar-refractivity contribution in [3.63, 3.8) is 0 Å². The SMILES string of the molecule is Cc1ccccc1-c1ccc(N(c2ccc(-n3c4ccccc4c4ccccc43)cc2)c2c3c(c(C(C)(C)C)c4c2C(C)(C)c2ccccc2-4)-c2ccccc2C3(C)C)cc1C. The van der Waals surface area contributed by atoms with E-state index in [-0.39, 0.29) is 16.2 Å². The van der Waals surface area contributed by atoms with E-state index in [1.54, 1.807) is 0 Å². The van der Waals surface area contributed by atoms with Gasteiger partial charge in [-0.15, -0.1) is 0 Å². The zero-order valence-electron chi connectivity index (χ0n) is 37.5. The van der Waals surface area contributed by atoms with Gasteiger partial charge >= 0.3 is 0 Å². The Hall–Kier alpha value is -6.64. The average molecular weight is 803 g/mol. The molecule has 0 aliphatic heterocycles. The van der Waals surface area contributed by atoms with Gasteiger partial charge in [0.25, 0.3) is 0 Å². The van der Waals surface area contributed by atoms with E-state index in [1.165, 1.54) is 99.8 Å². The Morgan fingerprint density at radius 2 is 0.903 bits per heavy atom. The molecule has 8 aromatic carbocycles. The summed E-state index contributed by atoms with van der Waals surface area (Å²) < 4.78 is 2.42. The second-order valence-corrected chi connectivity index (χ2v) is 19.9. The van der Waals surface area contributed by atoms with Gasteiger partial charge < -0.3 is 9.47 Å². The van der Waals surface area contributed by atoms with Crippen molar-refractivity contribution < 1.29 is 0 Å². The highest BCUT2D eigenvalue weighted by Crippen LogP contribution is 2.65. The van der Waals surface area contributed by atoms with Crippen LogP contribution in [-0.4, -0.2) is 4.57 Å². The van der Waals surface area contributed by atoms with Crippen LogP contribution in [0.5, 0.6) is 0 Å². The lowest BCUT2D eigenvalue weighted by Gasteiger charge is -2.39. The van der Waals surface area contributed by atoms with Crippen LogP contribution in [0.1, 0.15) is 87.4 Å². The maximum absolute atomic E-state index is 2.63. The lowest BCUT2D eigenvalue weighted by molar-refractivity contribution is 0.587. The number of rotatable bonds is 5. The highest BCUT2D eigenvalue weighted by atomic mass is 15.2. The third-order valence-electron chi connectivity index (χ3n) is 14.3. The molecule has 0 N–H and O–H groups in total. The minimum atomic E-state index is -0.279. The Kier molecular flexibility index (Phi) is 8.29. The standard InChI is InChI=1S/C60H54N2/c1-37-20-10-11-21-42(37)43-35-34-41(36-38(43)2)61(39-30-32-40(33-31-39)62-50-28-18-14-22-44(50)45-23-15-19-29-51(45)62)57-55-52(46-24-12-16-26-48(46)59(55,6)7)54(58(3,4)5)53-47-25-13-17-27-49(47)60(8,9)56(53)57/h10-36H,1-9H3. The van der Waals surface area contributed by atoms with Crippen molar-refractivity contribution in [1.82, 2.24) is 4.57 Å². The molecule has 2 aliphatic rings. The number of para-hydroxylation sites is 2. The van der Waals surface area contributed by atoms with E-state index < -0.39 is 0 Å². The molecule has 9 aromatic rings. The van der Waals surface area contributed by atoms with Gasteiger partial charge in [-0.25, -0.2) is 0 Å². The summed E-state index contributed by atoms with van der Waals surface area (Å²) in [5.41, 5.74) is 24.2. The molecule has 0 atom stereocenters. The van der Waals surface area contributed by atoms with Gasteiger partial charge in [0.2, 0.25) is 0 Å². The van der Waals surface area contributed by atoms with E-state index in [4.69, 9.17) is 0 Å². The van der Waals surface area contributed by atoms with Crippen molar-refractivity contribution in [2.45, 2.75) is 78.6 Å². The van der Waals surface area contributed by atoms with Gasteiger partial charge in [-0.2, -0.15) is 0 Å². The second kappa shape index (κ2) is 13.4. The maximum atomic E-state index is 2.63. The minimum absolute atomic E-state index is 0.131. The lowest BCUT2D eigenvalue weighted by Crippen LogP contribution is -2.27. The van der Waals surface area contributed by atoms with Crippen LogP contribution < -0.4 is 4.90 Å². The maximum Gasteiger partial charge on any atom is 0.0556 e. The largest absolute Gasteiger partial charge is 0.310 e. The van der Waals surface area contributed by atoms with E-state index in [1.807, 2.05) is 0 Å². The lowest BCUT2D eigenvalue weighted by atomic mass is 9.70. The molecule has 1 aromatic heterocycles. The molecule has 0 bridgehead atoms. The Morgan fingerprint density at radius 3 is 1.42 bits per heavy atom. The molecule has 62 heavy (non-hydrogen) atoms. The minimum Gasteiger partial charge on any atom is -0.310 e. The summed E-state index contributed by atoms with van der Waals surface area (Å²) in [6, 6.07) is 61.4. The van der Waals surface area contributed by atoms with Crippen molar-refractivity contribution >= 4 is 38.9 Å². The number of aryl methyl sites for hydroxylation is 2. The molecule has 0 saturated carbocycles. The Balaban J connectivity index is 1.25. The zero-order chi connectivity index (χ0) is 42.9. The van der Waals surface area contributed by atoms with Gasteiger partial charge in [0.1, 0.15) is 0 Å². The molecule has 2 aliphatic carbocycles. The van der Waals surface area contributed by atoms with E-state index >= 15 is 0 Å². The number of hydrogen-bond acceptors (Lipinski definition) is 1. The van der Waals surface area contributed by atoms with E-state index in [0.29, 0.717) is 0 Å². The summed E-state index contributed by atoms with van der Waals surface area (Å²) >= 11 is 0. The number of anilines is 3. The van der Waals surface area contributed by atoms with Crippen molar-refractivity contribution in [3.8, 4) is 39.1 Å². The quantitative estimate of drug-likeness (QED) is 0.168. The number of aromatic nitrogens is 1. The van der Waals surface area contributed by atoms with Gasteiger partial charge in [0, 0.05) is 38.7 Å². The molecule has 11 rings (SSSR count). The Labute approximate surface area is 367 Å². The molecule has 0 fully saturated rings. The number of hydrogen-bond donors (Lipinski definition) is 0. The molecule has 1 heterocycles. The van der Waals surface area contributed by atoms with Gasteiger partial charge in [0.05, 0.1) is 16.7 Å². The molecule has 0 amide bonds. The van der Waals surface area contributed by atoms with Crippen LogP contribution in [-0.2, 0) is 16.2 Å². The van der Waals surface area contributed by atoms with Gasteiger partial charge in [-0.3, -0.25) is 0 Å². The first-order chi connectivity index (χ1) is 29.8. The van der Waals surface area contributed by atoms with Gasteiger partial charge in [-0.1, -0.05) is 164 Å². The highest BCUT2D eigenvalue weighted by Gasteiger charge is 2.50. The molecule has 2 nitrogen and oxygen atoms in total. The van der Waals surface area contributed by atoms with Crippen LogP contribution in [0.4, 0.5) is 17.1 Å². The van der Waals surface area contributed by atoms with Crippen LogP contribution in [0.3, 0.4) is 0 Å². The van der Waals surface area contributed by atoms with Crippen molar-refractivity contribution in [1.29, 1.82) is 0 Å². The fourth-order valence-corrected chi connectivity index (χ4v) is 11.6. The third-order valence-corrected chi connectivity index (χ3v) is 14.3. The topological polar surface area (TPSA) is 8.17 Å². The van der Waals surface area contributed by atoms with Crippen molar-refractivity contribution in [2.75, 3.05) is 4.90 Å². The van der Waals surface area contributed by atoms with Crippen LogP contribution in [0, 0.1) is 13.8 Å². The summed E-state index contributed by atoms with van der Waals surface area (Å²) in [4.78, 5) is 2.63. The summed E-state index contributed by atoms with van der Waals surface area (Å²) in [7, 11) is 0. The van der Waals surface area contributed by atoms with Crippen molar-refractivity contribution in [2.24, 2.45) is 0 Å². The molecule has 0 unspecified atom stereocenters. The first kappa shape index (κ1) is 38.3. The highest BCUT2D eigenvalue weighted by molar-refractivity contribution is 6.09. The first-order valence-electron chi connectivity index (χ1n) is 22.3. The van der Waals surface area contributed by atoms with Crippen LogP contribution in [0.15, 0.2) is 164 Å². The first-order valence-corrected chi connectivity index (χ1v) is 22.3. The monoisotopic (exact) mass is 802 g/mol. The van der Waals surface area contributed by atoms with Crippen LogP contribution in [0.2, 0.25) is 0 Å². The Bertz CT molecular complexity index is 3150. The van der Waals surface area contributed by atoms with Gasteiger partial charge in [0.15, 0.2) is 0 Å². The summed E-state index contributed by atoms with van der Waals surface area (Å²) in [5, 5.41) is 2.54. The fourth-order valence-electron chi connectivity index (χ4n) is 11.6. The fraction of sp³-hybridized carbons (Fsp3) is 0.200. The summed E-state index contributed by atoms with van der Waals surface area (Å²) in [6.07, 6.45) is 0. The third kappa shape index (κ3) is 5.35. The van der Waals surface area contributed by atoms with E-state index in [9.17, 15) is 0 Å². The molecular weight excluding hydrogens is 749 g/mol. The second-order valence-electron chi connectivity index (χ2n) is 19.9. The van der Waals surface area contributed by atoms with E-state index in [2.05, 4.69) is 236 Å². The Morgan fingerprint density at radius 1 is 0.452 bits per heavy atom. The molecular formula is C60H54N2. The predicted octanol–water partition coefficient (Wildman–Crippen LogP) is 16.4. The zero-order valence-corrected chi connectivity index (χ0v) is 37.5. The van der Waals surface area contributed by atoms with E-state index in [0.717, 1.165) is 17.1 Å².